The lowest BCUT2D eigenvalue weighted by molar-refractivity contribution is -0.394. The SMILES string of the molecule is COc1cc(C(=O)NCC(=O)NN=Cc2cc([N+](=O)[O-])cc([N+](=O)[O-])c2O)cc(OC)c1OC. The molecular weight excluding hydrogens is 458 g/mol. The van der Waals surface area contributed by atoms with Gasteiger partial charge in [-0.2, -0.15) is 5.10 Å². The van der Waals surface area contributed by atoms with Gasteiger partial charge in [0.1, 0.15) is 0 Å². The van der Waals surface area contributed by atoms with Crippen molar-refractivity contribution in [1.29, 1.82) is 0 Å². The Morgan fingerprint density at radius 3 is 2.15 bits per heavy atom. The first kappa shape index (κ1) is 25.3. The van der Waals surface area contributed by atoms with Crippen molar-refractivity contribution in [2.24, 2.45) is 5.10 Å². The van der Waals surface area contributed by atoms with Crippen LogP contribution in [0.5, 0.6) is 23.0 Å². The van der Waals surface area contributed by atoms with E-state index in [1.165, 1.54) is 33.5 Å². The molecule has 0 aliphatic heterocycles. The lowest BCUT2D eigenvalue weighted by Crippen LogP contribution is -2.35. The third-order valence-electron chi connectivity index (χ3n) is 4.24. The van der Waals surface area contributed by atoms with E-state index in [4.69, 9.17) is 14.2 Å². The number of hydrazone groups is 1. The van der Waals surface area contributed by atoms with Gasteiger partial charge in [0, 0.05) is 11.6 Å². The van der Waals surface area contributed by atoms with Gasteiger partial charge in [-0.05, 0) is 12.1 Å². The van der Waals surface area contributed by atoms with Crippen molar-refractivity contribution in [2.45, 2.75) is 0 Å². The Balaban J connectivity index is 2.07. The van der Waals surface area contributed by atoms with Crippen LogP contribution in [0, 0.1) is 20.2 Å². The first-order chi connectivity index (χ1) is 16.1. The highest BCUT2D eigenvalue weighted by Crippen LogP contribution is 2.38. The molecule has 0 aliphatic carbocycles. The maximum Gasteiger partial charge on any atom is 0.318 e. The summed E-state index contributed by atoms with van der Waals surface area (Å²) in [5.41, 5.74) is 0.199. The normalized spacial score (nSPS) is 10.4. The number of amides is 2. The number of phenolic OH excluding ortho intramolecular Hbond substituents is 1. The number of nitro groups is 2. The molecule has 0 fully saturated rings. The molecule has 2 amide bonds. The van der Waals surface area contributed by atoms with E-state index >= 15 is 0 Å². The van der Waals surface area contributed by atoms with E-state index in [9.17, 15) is 34.9 Å². The van der Waals surface area contributed by atoms with Crippen LogP contribution in [0.4, 0.5) is 11.4 Å². The van der Waals surface area contributed by atoms with Crippen LogP contribution in [0.25, 0.3) is 0 Å². The second-order valence-electron chi connectivity index (χ2n) is 6.31. The largest absolute Gasteiger partial charge is 0.502 e. The predicted octanol–water partition coefficient (Wildman–Crippen LogP) is 1.11. The van der Waals surface area contributed by atoms with Gasteiger partial charge in [0.15, 0.2) is 11.5 Å². The quantitative estimate of drug-likeness (QED) is 0.252. The Morgan fingerprint density at radius 1 is 1.03 bits per heavy atom. The van der Waals surface area contributed by atoms with Crippen molar-refractivity contribution in [2.75, 3.05) is 27.9 Å². The fourth-order valence-electron chi connectivity index (χ4n) is 2.66. The molecule has 0 unspecified atom stereocenters. The first-order valence-electron chi connectivity index (χ1n) is 9.18. The number of nitrogens with one attached hydrogen (secondary N) is 2. The van der Waals surface area contributed by atoms with Gasteiger partial charge in [0.05, 0.1) is 55.6 Å². The zero-order chi connectivity index (χ0) is 25.4. The molecule has 0 aliphatic rings. The number of rotatable bonds is 10. The van der Waals surface area contributed by atoms with Crippen molar-refractivity contribution in [1.82, 2.24) is 10.7 Å². The van der Waals surface area contributed by atoms with Gasteiger partial charge < -0.3 is 24.6 Å². The summed E-state index contributed by atoms with van der Waals surface area (Å²) in [7, 11) is 4.15. The number of nitrogens with zero attached hydrogens (tertiary/aromatic N) is 3. The molecule has 0 atom stereocenters. The number of nitro benzene ring substituents is 2. The topological polar surface area (TPSA) is 205 Å². The number of non-ortho nitro benzene ring substituents is 1. The van der Waals surface area contributed by atoms with E-state index < -0.39 is 45.3 Å². The minimum absolute atomic E-state index is 0.111. The maximum atomic E-state index is 12.4. The first-order valence-corrected chi connectivity index (χ1v) is 9.18. The predicted molar refractivity (Wildman–Crippen MR) is 116 cm³/mol. The van der Waals surface area contributed by atoms with Crippen molar-refractivity contribution < 1.29 is 38.8 Å². The standard InChI is InChI=1S/C19H19N5O10/c1-32-14-5-10(6-15(33-2)18(14)34-3)19(27)20-9-16(25)22-21-8-11-4-12(23(28)29)7-13(17(11)26)24(30)31/h4-8,26H,9H2,1-3H3,(H,20,27)(H,22,25). The molecule has 0 radical (unpaired) electrons. The number of benzene rings is 2. The van der Waals surface area contributed by atoms with Crippen molar-refractivity contribution in [3.05, 3.63) is 55.6 Å². The summed E-state index contributed by atoms with van der Waals surface area (Å²) in [6, 6.07) is 4.18. The van der Waals surface area contributed by atoms with Gasteiger partial charge >= 0.3 is 5.69 Å². The van der Waals surface area contributed by atoms with Crippen molar-refractivity contribution in [3.63, 3.8) is 0 Å². The monoisotopic (exact) mass is 477 g/mol. The van der Waals surface area contributed by atoms with Crippen LogP contribution in [-0.2, 0) is 4.79 Å². The lowest BCUT2D eigenvalue weighted by Gasteiger charge is -2.14. The Labute approximate surface area is 191 Å². The summed E-state index contributed by atoms with van der Waals surface area (Å²) in [6.45, 7) is -0.520. The molecule has 0 bridgehead atoms. The van der Waals surface area contributed by atoms with Gasteiger partial charge in [0.2, 0.25) is 11.5 Å². The fourth-order valence-corrected chi connectivity index (χ4v) is 2.66. The van der Waals surface area contributed by atoms with Crippen LogP contribution in [0.15, 0.2) is 29.4 Å². The zero-order valence-electron chi connectivity index (χ0n) is 18.1. The zero-order valence-corrected chi connectivity index (χ0v) is 18.1. The Hall–Kier alpha value is -4.95. The second kappa shape index (κ2) is 11.1. The molecule has 2 aromatic rings. The molecule has 0 saturated heterocycles. The van der Waals surface area contributed by atoms with Crippen LogP contribution < -0.4 is 25.0 Å². The van der Waals surface area contributed by atoms with Gasteiger partial charge in [-0.1, -0.05) is 0 Å². The minimum Gasteiger partial charge on any atom is -0.502 e. The molecule has 2 aromatic carbocycles. The van der Waals surface area contributed by atoms with E-state index in [0.717, 1.165) is 12.3 Å². The number of carbonyl (C=O) groups excluding carboxylic acids is 2. The Morgan fingerprint density at radius 2 is 1.65 bits per heavy atom. The summed E-state index contributed by atoms with van der Waals surface area (Å²) in [5.74, 6) is -1.58. The average molecular weight is 477 g/mol. The molecule has 0 saturated carbocycles. The van der Waals surface area contributed by atoms with Crippen LogP contribution in [0.1, 0.15) is 15.9 Å². The number of carbonyl (C=O) groups is 2. The maximum absolute atomic E-state index is 12.4. The molecule has 34 heavy (non-hydrogen) atoms. The van der Waals surface area contributed by atoms with E-state index in [2.05, 4.69) is 10.4 Å². The third kappa shape index (κ3) is 5.84. The number of aromatic hydroxyl groups is 1. The molecule has 15 heteroatoms. The Bertz CT molecular complexity index is 1140. The van der Waals surface area contributed by atoms with Gasteiger partial charge in [-0.25, -0.2) is 5.43 Å². The summed E-state index contributed by atoms with van der Waals surface area (Å²) in [5, 5.41) is 37.6. The molecule has 0 aromatic heterocycles. The minimum atomic E-state index is -1.00. The number of phenols is 1. The highest BCUT2D eigenvalue weighted by atomic mass is 16.6. The number of hydrogen-bond donors (Lipinski definition) is 3. The smallest absolute Gasteiger partial charge is 0.318 e. The third-order valence-corrected chi connectivity index (χ3v) is 4.24. The van der Waals surface area contributed by atoms with E-state index in [1.807, 2.05) is 5.43 Å². The van der Waals surface area contributed by atoms with Crippen LogP contribution in [0.2, 0.25) is 0 Å². The van der Waals surface area contributed by atoms with Gasteiger partial charge in [-0.3, -0.25) is 29.8 Å². The summed E-state index contributed by atoms with van der Waals surface area (Å²) < 4.78 is 15.5. The number of ether oxygens (including phenoxy) is 3. The van der Waals surface area contributed by atoms with Gasteiger partial charge in [-0.15, -0.1) is 0 Å². The lowest BCUT2D eigenvalue weighted by atomic mass is 10.1. The highest BCUT2D eigenvalue weighted by Gasteiger charge is 2.23. The van der Waals surface area contributed by atoms with Gasteiger partial charge in [0.25, 0.3) is 17.5 Å². The van der Waals surface area contributed by atoms with Crippen molar-refractivity contribution >= 4 is 29.4 Å². The molecular formula is C19H19N5O10. The fraction of sp³-hybridized carbons (Fsp3) is 0.211. The molecule has 2 rings (SSSR count). The average Bonchev–Trinajstić information content (AvgIpc) is 2.81. The molecule has 0 heterocycles. The highest BCUT2D eigenvalue weighted by molar-refractivity contribution is 5.97. The molecule has 0 spiro atoms. The van der Waals surface area contributed by atoms with E-state index in [1.54, 1.807) is 0 Å². The van der Waals surface area contributed by atoms with E-state index in [0.29, 0.717) is 6.07 Å². The van der Waals surface area contributed by atoms with Crippen molar-refractivity contribution in [3.8, 4) is 23.0 Å². The molecule has 180 valence electrons. The second-order valence-corrected chi connectivity index (χ2v) is 6.31. The summed E-state index contributed by atoms with van der Waals surface area (Å²) in [4.78, 5) is 44.3. The Kier molecular flexibility index (Phi) is 8.24. The number of methoxy groups -OCH3 is 3. The number of hydrogen-bond acceptors (Lipinski definition) is 11. The van der Waals surface area contributed by atoms with Crippen LogP contribution >= 0.6 is 0 Å². The molecule has 15 nitrogen and oxygen atoms in total. The van der Waals surface area contributed by atoms with E-state index in [-0.39, 0.29) is 28.4 Å². The summed E-state index contributed by atoms with van der Waals surface area (Å²) >= 11 is 0. The summed E-state index contributed by atoms with van der Waals surface area (Å²) in [6.07, 6.45) is 0.786. The molecule has 3 N–H and O–H groups in total. The van der Waals surface area contributed by atoms with Crippen LogP contribution in [-0.4, -0.2) is 60.9 Å². The van der Waals surface area contributed by atoms with Crippen LogP contribution in [0.3, 0.4) is 0 Å².